The van der Waals surface area contributed by atoms with E-state index in [9.17, 15) is 4.79 Å². The van der Waals surface area contributed by atoms with Crippen LogP contribution < -0.4 is 9.64 Å². The number of rotatable bonds is 5. The van der Waals surface area contributed by atoms with Crippen molar-refractivity contribution in [1.29, 1.82) is 0 Å². The topological polar surface area (TPSA) is 32.8 Å². The second kappa shape index (κ2) is 8.82. The van der Waals surface area contributed by atoms with Gasteiger partial charge in [0.1, 0.15) is 12.4 Å². The summed E-state index contributed by atoms with van der Waals surface area (Å²) in [6.45, 7) is 5.66. The zero-order chi connectivity index (χ0) is 20.1. The number of carbonyl (C=O) groups excluding carboxylic acids is 1. The molecule has 0 spiro atoms. The Morgan fingerprint density at radius 3 is 2.24 bits per heavy atom. The Hall–Kier alpha value is -3.27. The van der Waals surface area contributed by atoms with Gasteiger partial charge in [-0.1, -0.05) is 54.6 Å². The van der Waals surface area contributed by atoms with Crippen LogP contribution in [0.3, 0.4) is 0 Å². The third kappa shape index (κ3) is 4.43. The van der Waals surface area contributed by atoms with E-state index in [4.69, 9.17) is 4.74 Å². The second-order valence-electron chi connectivity index (χ2n) is 7.32. The number of nitrogens with zero attached hydrogens (tertiary/aromatic N) is 2. The van der Waals surface area contributed by atoms with Crippen LogP contribution in [0.2, 0.25) is 0 Å². The number of hydrogen-bond donors (Lipinski definition) is 0. The minimum Gasteiger partial charge on any atom is -0.489 e. The van der Waals surface area contributed by atoms with Gasteiger partial charge in [0.15, 0.2) is 0 Å². The molecule has 1 amide bonds. The Kier molecular flexibility index (Phi) is 5.80. The highest BCUT2D eigenvalue weighted by atomic mass is 16.5. The summed E-state index contributed by atoms with van der Waals surface area (Å²) in [7, 11) is 0. The van der Waals surface area contributed by atoms with E-state index in [1.165, 1.54) is 11.3 Å². The van der Waals surface area contributed by atoms with Crippen molar-refractivity contribution in [3.63, 3.8) is 0 Å². The Labute approximate surface area is 172 Å². The van der Waals surface area contributed by atoms with Crippen LogP contribution in [0.25, 0.3) is 0 Å². The molecule has 1 saturated heterocycles. The second-order valence-corrected chi connectivity index (χ2v) is 7.32. The fourth-order valence-electron chi connectivity index (χ4n) is 3.77. The Balaban J connectivity index is 1.42. The number of aryl methyl sites for hydroxylation is 1. The molecule has 0 radical (unpaired) electrons. The minimum absolute atomic E-state index is 0.0849. The summed E-state index contributed by atoms with van der Waals surface area (Å²) in [5, 5.41) is 0. The first-order chi connectivity index (χ1) is 14.2. The van der Waals surface area contributed by atoms with Gasteiger partial charge in [-0.25, -0.2) is 0 Å². The van der Waals surface area contributed by atoms with E-state index < -0.39 is 0 Å². The summed E-state index contributed by atoms with van der Waals surface area (Å²) in [6, 6.07) is 25.9. The lowest BCUT2D eigenvalue weighted by Crippen LogP contribution is -2.49. The van der Waals surface area contributed by atoms with E-state index in [2.05, 4.69) is 36.1 Å². The average Bonchev–Trinajstić information content (AvgIpc) is 2.79. The van der Waals surface area contributed by atoms with Crippen LogP contribution in [-0.4, -0.2) is 37.0 Å². The van der Waals surface area contributed by atoms with Gasteiger partial charge >= 0.3 is 0 Å². The Morgan fingerprint density at radius 2 is 1.48 bits per heavy atom. The van der Waals surface area contributed by atoms with Gasteiger partial charge in [-0.15, -0.1) is 0 Å². The normalized spacial score (nSPS) is 14.0. The molecule has 1 heterocycles. The largest absolute Gasteiger partial charge is 0.489 e. The lowest BCUT2D eigenvalue weighted by molar-refractivity contribution is 0.0744. The van der Waals surface area contributed by atoms with E-state index in [1.807, 2.05) is 59.5 Å². The van der Waals surface area contributed by atoms with Gasteiger partial charge in [0.2, 0.25) is 0 Å². The van der Waals surface area contributed by atoms with Gasteiger partial charge in [0.05, 0.1) is 0 Å². The zero-order valence-electron chi connectivity index (χ0n) is 16.8. The highest BCUT2D eigenvalue weighted by molar-refractivity contribution is 5.95. The maximum atomic E-state index is 13.2. The lowest BCUT2D eigenvalue weighted by Gasteiger charge is -2.37. The smallest absolute Gasteiger partial charge is 0.254 e. The third-order valence-corrected chi connectivity index (χ3v) is 5.41. The summed E-state index contributed by atoms with van der Waals surface area (Å²) in [5.74, 6) is 0.892. The molecule has 0 saturated carbocycles. The van der Waals surface area contributed by atoms with Gasteiger partial charge in [0.25, 0.3) is 5.91 Å². The van der Waals surface area contributed by atoms with Crippen molar-refractivity contribution in [2.24, 2.45) is 0 Å². The van der Waals surface area contributed by atoms with Crippen molar-refractivity contribution < 1.29 is 9.53 Å². The molecule has 0 bridgehead atoms. The number of ether oxygens (including phenoxy) is 1. The van der Waals surface area contributed by atoms with Crippen molar-refractivity contribution >= 4 is 11.6 Å². The van der Waals surface area contributed by atoms with Gasteiger partial charge in [-0.05, 0) is 36.8 Å². The quantitative estimate of drug-likeness (QED) is 0.646. The number of anilines is 1. The highest BCUT2D eigenvalue weighted by Crippen LogP contribution is 2.22. The molecule has 0 N–H and O–H groups in total. The minimum atomic E-state index is 0.0849. The number of para-hydroxylation sites is 2. The molecule has 3 aromatic rings. The molecular formula is C25H26N2O2. The van der Waals surface area contributed by atoms with Crippen LogP contribution >= 0.6 is 0 Å². The SMILES string of the molecule is Cc1ccccc1N1CCN(C(=O)c2ccccc2COc2ccccc2)CC1. The standard InChI is InChI=1S/C25H26N2O2/c1-20-9-5-8-14-24(20)26-15-17-27(18-16-26)25(28)23-13-7-6-10-21(23)19-29-22-11-3-2-4-12-22/h2-14H,15-19H2,1H3. The van der Waals surface area contributed by atoms with Gasteiger partial charge in [-0.2, -0.15) is 0 Å². The van der Waals surface area contributed by atoms with E-state index in [-0.39, 0.29) is 5.91 Å². The molecule has 0 unspecified atom stereocenters. The Bertz CT molecular complexity index is 963. The summed E-state index contributed by atoms with van der Waals surface area (Å²) in [4.78, 5) is 17.5. The number of benzene rings is 3. The van der Waals surface area contributed by atoms with Crippen molar-refractivity contribution in [1.82, 2.24) is 4.90 Å². The molecule has 3 aromatic carbocycles. The molecule has 0 aromatic heterocycles. The fraction of sp³-hybridized carbons (Fsp3) is 0.240. The molecule has 148 valence electrons. The summed E-state index contributed by atoms with van der Waals surface area (Å²) >= 11 is 0. The number of piperazine rings is 1. The third-order valence-electron chi connectivity index (χ3n) is 5.41. The number of amides is 1. The lowest BCUT2D eigenvalue weighted by atomic mass is 10.1. The van der Waals surface area contributed by atoms with Crippen molar-refractivity contribution in [3.05, 3.63) is 95.6 Å². The zero-order valence-corrected chi connectivity index (χ0v) is 16.8. The van der Waals surface area contributed by atoms with Gasteiger partial charge in [0, 0.05) is 43.0 Å². The first-order valence-electron chi connectivity index (χ1n) is 10.1. The molecule has 4 heteroatoms. The number of carbonyl (C=O) groups is 1. The van der Waals surface area contributed by atoms with Crippen molar-refractivity contribution in [2.75, 3.05) is 31.1 Å². The van der Waals surface area contributed by atoms with Crippen LogP contribution in [0.1, 0.15) is 21.5 Å². The molecular weight excluding hydrogens is 360 g/mol. The maximum absolute atomic E-state index is 13.2. The molecule has 1 aliphatic heterocycles. The molecule has 0 atom stereocenters. The maximum Gasteiger partial charge on any atom is 0.254 e. The van der Waals surface area contributed by atoms with Gasteiger partial charge in [-0.3, -0.25) is 4.79 Å². The molecule has 4 nitrogen and oxygen atoms in total. The van der Waals surface area contributed by atoms with E-state index in [0.29, 0.717) is 6.61 Å². The average molecular weight is 386 g/mol. The monoisotopic (exact) mass is 386 g/mol. The van der Waals surface area contributed by atoms with Crippen LogP contribution in [0.4, 0.5) is 5.69 Å². The molecule has 0 aliphatic carbocycles. The highest BCUT2D eigenvalue weighted by Gasteiger charge is 2.24. The summed E-state index contributed by atoms with van der Waals surface area (Å²) in [5.41, 5.74) is 4.18. The first kappa shape index (κ1) is 19.1. The van der Waals surface area contributed by atoms with Crippen molar-refractivity contribution in [3.8, 4) is 5.75 Å². The Morgan fingerprint density at radius 1 is 0.828 bits per heavy atom. The van der Waals surface area contributed by atoms with Crippen LogP contribution in [0.5, 0.6) is 5.75 Å². The van der Waals surface area contributed by atoms with Gasteiger partial charge < -0.3 is 14.5 Å². The van der Waals surface area contributed by atoms with Crippen LogP contribution in [-0.2, 0) is 6.61 Å². The van der Waals surface area contributed by atoms with Crippen molar-refractivity contribution in [2.45, 2.75) is 13.5 Å². The summed E-state index contributed by atoms with van der Waals surface area (Å²) < 4.78 is 5.88. The molecule has 1 fully saturated rings. The molecule has 4 rings (SSSR count). The predicted octanol–water partition coefficient (Wildman–Crippen LogP) is 4.54. The molecule has 1 aliphatic rings. The summed E-state index contributed by atoms with van der Waals surface area (Å²) in [6.07, 6.45) is 0. The predicted molar refractivity (Wildman–Crippen MR) is 117 cm³/mol. The van der Waals surface area contributed by atoms with Crippen LogP contribution in [0, 0.1) is 6.92 Å². The fourth-order valence-corrected chi connectivity index (χ4v) is 3.77. The van der Waals surface area contributed by atoms with Crippen LogP contribution in [0.15, 0.2) is 78.9 Å². The van der Waals surface area contributed by atoms with E-state index in [1.54, 1.807) is 0 Å². The van der Waals surface area contributed by atoms with E-state index >= 15 is 0 Å². The molecule has 29 heavy (non-hydrogen) atoms. The van der Waals surface area contributed by atoms with E-state index in [0.717, 1.165) is 43.1 Å². The first-order valence-corrected chi connectivity index (χ1v) is 10.1. The number of hydrogen-bond acceptors (Lipinski definition) is 3.